The van der Waals surface area contributed by atoms with E-state index in [9.17, 15) is 14.9 Å². The first-order valence-corrected chi connectivity index (χ1v) is 4.85. The first kappa shape index (κ1) is 12.9. The topological polar surface area (TPSA) is 108 Å². The van der Waals surface area contributed by atoms with Crippen molar-refractivity contribution in [2.75, 3.05) is 5.73 Å². The molecule has 0 aliphatic heterocycles. The standard InChI is InChI=1S/C10H13N3O4/c1-10(2,3)17-9(14)6-4-5-7(13(15)16)8(11)12-6/h4-5H,1-3H3,(H2,11,12). The lowest BCUT2D eigenvalue weighted by Gasteiger charge is -2.19. The third kappa shape index (κ3) is 3.40. The lowest BCUT2D eigenvalue weighted by atomic mass is 10.2. The van der Waals surface area contributed by atoms with Crippen LogP contribution in [0.3, 0.4) is 0 Å². The SMILES string of the molecule is CC(C)(C)OC(=O)c1ccc([N+](=O)[O-])c(N)n1. The number of hydrogen-bond acceptors (Lipinski definition) is 6. The Morgan fingerprint density at radius 1 is 1.47 bits per heavy atom. The Morgan fingerprint density at radius 3 is 2.47 bits per heavy atom. The Bertz CT molecular complexity index is 465. The van der Waals surface area contributed by atoms with Gasteiger partial charge >= 0.3 is 11.7 Å². The first-order chi connectivity index (χ1) is 7.70. The molecule has 0 spiro atoms. The van der Waals surface area contributed by atoms with E-state index in [4.69, 9.17) is 10.5 Å². The van der Waals surface area contributed by atoms with Crippen molar-refractivity contribution in [1.29, 1.82) is 0 Å². The van der Waals surface area contributed by atoms with Crippen molar-refractivity contribution in [2.45, 2.75) is 26.4 Å². The molecular formula is C10H13N3O4. The molecule has 17 heavy (non-hydrogen) atoms. The maximum Gasteiger partial charge on any atom is 0.357 e. The number of nitrogen functional groups attached to an aromatic ring is 1. The predicted octanol–water partition coefficient (Wildman–Crippen LogP) is 1.53. The molecule has 0 amide bonds. The van der Waals surface area contributed by atoms with Gasteiger partial charge in [-0.25, -0.2) is 9.78 Å². The number of carbonyl (C=O) groups excluding carboxylic acids is 1. The molecule has 0 unspecified atom stereocenters. The van der Waals surface area contributed by atoms with Gasteiger partial charge in [0.05, 0.1) is 4.92 Å². The molecule has 2 N–H and O–H groups in total. The molecule has 7 nitrogen and oxygen atoms in total. The zero-order valence-corrected chi connectivity index (χ0v) is 9.76. The molecule has 0 atom stereocenters. The van der Waals surface area contributed by atoms with Crippen molar-refractivity contribution in [2.24, 2.45) is 0 Å². The highest BCUT2D eigenvalue weighted by atomic mass is 16.6. The molecule has 92 valence electrons. The summed E-state index contributed by atoms with van der Waals surface area (Å²) < 4.78 is 5.05. The van der Waals surface area contributed by atoms with Gasteiger partial charge in [-0.15, -0.1) is 0 Å². The fraction of sp³-hybridized carbons (Fsp3) is 0.400. The molecule has 1 aromatic rings. The zero-order chi connectivity index (χ0) is 13.2. The second-order valence-corrected chi connectivity index (χ2v) is 4.36. The molecule has 0 radical (unpaired) electrons. The number of pyridine rings is 1. The highest BCUT2D eigenvalue weighted by Crippen LogP contribution is 2.20. The maximum atomic E-state index is 11.6. The van der Waals surface area contributed by atoms with Gasteiger partial charge in [-0.3, -0.25) is 10.1 Å². The molecule has 1 aromatic heterocycles. The van der Waals surface area contributed by atoms with Gasteiger partial charge < -0.3 is 10.5 Å². The zero-order valence-electron chi connectivity index (χ0n) is 9.76. The number of nitrogens with two attached hydrogens (primary N) is 1. The van der Waals surface area contributed by atoms with E-state index < -0.39 is 16.5 Å². The van der Waals surface area contributed by atoms with Gasteiger partial charge in [0, 0.05) is 6.07 Å². The van der Waals surface area contributed by atoms with Crippen molar-refractivity contribution < 1.29 is 14.5 Å². The number of carbonyl (C=O) groups is 1. The molecule has 0 bridgehead atoms. The van der Waals surface area contributed by atoms with Crippen LogP contribution in [0.15, 0.2) is 12.1 Å². The summed E-state index contributed by atoms with van der Waals surface area (Å²) in [5.74, 6) is -0.975. The van der Waals surface area contributed by atoms with Crippen LogP contribution in [0.2, 0.25) is 0 Å². The Labute approximate surface area is 97.7 Å². The van der Waals surface area contributed by atoms with Crippen molar-refractivity contribution >= 4 is 17.5 Å². The van der Waals surface area contributed by atoms with Gasteiger partial charge in [0.2, 0.25) is 5.82 Å². The summed E-state index contributed by atoms with van der Waals surface area (Å²) >= 11 is 0. The molecule has 1 rings (SSSR count). The molecule has 0 fully saturated rings. The molecule has 0 aliphatic rings. The van der Waals surface area contributed by atoms with Crippen LogP contribution < -0.4 is 5.73 Å². The lowest BCUT2D eigenvalue weighted by Crippen LogP contribution is -2.24. The Hall–Kier alpha value is -2.18. The number of nitro groups is 1. The van der Waals surface area contributed by atoms with Crippen molar-refractivity contribution in [1.82, 2.24) is 4.98 Å². The number of esters is 1. The van der Waals surface area contributed by atoms with E-state index >= 15 is 0 Å². The Balaban J connectivity index is 2.98. The molecule has 7 heteroatoms. The van der Waals surface area contributed by atoms with Gasteiger partial charge in [-0.1, -0.05) is 0 Å². The first-order valence-electron chi connectivity index (χ1n) is 4.85. The van der Waals surface area contributed by atoms with Gasteiger partial charge in [0.25, 0.3) is 0 Å². The van der Waals surface area contributed by atoms with Crippen LogP contribution in [-0.4, -0.2) is 21.5 Å². The number of aromatic nitrogens is 1. The van der Waals surface area contributed by atoms with E-state index in [1.165, 1.54) is 6.07 Å². The fourth-order valence-electron chi connectivity index (χ4n) is 1.07. The Kier molecular flexibility index (Phi) is 3.31. The minimum atomic E-state index is -0.668. The van der Waals surface area contributed by atoms with Gasteiger partial charge in [0.1, 0.15) is 5.60 Å². The van der Waals surface area contributed by atoms with Crippen molar-refractivity contribution in [3.63, 3.8) is 0 Å². The number of hydrogen-bond donors (Lipinski definition) is 1. The second-order valence-electron chi connectivity index (χ2n) is 4.36. The molecule has 0 saturated carbocycles. The second kappa shape index (κ2) is 4.36. The quantitative estimate of drug-likeness (QED) is 0.476. The average molecular weight is 239 g/mol. The molecule has 0 aliphatic carbocycles. The molecule has 0 aromatic carbocycles. The monoisotopic (exact) mass is 239 g/mol. The third-order valence-corrected chi connectivity index (χ3v) is 1.71. The summed E-state index contributed by atoms with van der Waals surface area (Å²) in [6, 6.07) is 2.34. The summed E-state index contributed by atoms with van der Waals surface area (Å²) in [7, 11) is 0. The number of nitrogens with zero attached hydrogens (tertiary/aromatic N) is 2. The minimum absolute atomic E-state index is 0.0528. The average Bonchev–Trinajstić information content (AvgIpc) is 2.14. The van der Waals surface area contributed by atoms with E-state index in [1.54, 1.807) is 20.8 Å². The van der Waals surface area contributed by atoms with E-state index in [2.05, 4.69) is 4.98 Å². The van der Waals surface area contributed by atoms with Crippen LogP contribution in [0.1, 0.15) is 31.3 Å². The molecule has 1 heterocycles. The van der Waals surface area contributed by atoms with Crippen LogP contribution in [0.25, 0.3) is 0 Å². The maximum absolute atomic E-state index is 11.6. The smallest absolute Gasteiger partial charge is 0.357 e. The number of ether oxygens (including phenoxy) is 1. The van der Waals surface area contributed by atoms with Crippen LogP contribution in [0, 0.1) is 10.1 Å². The summed E-state index contributed by atoms with van der Waals surface area (Å²) in [6.45, 7) is 5.12. The lowest BCUT2D eigenvalue weighted by molar-refractivity contribution is -0.384. The van der Waals surface area contributed by atoms with Gasteiger partial charge in [-0.05, 0) is 26.8 Å². The van der Waals surface area contributed by atoms with E-state index in [-0.39, 0.29) is 17.2 Å². The van der Waals surface area contributed by atoms with E-state index in [1.807, 2.05) is 0 Å². The largest absolute Gasteiger partial charge is 0.455 e. The highest BCUT2D eigenvalue weighted by Gasteiger charge is 2.21. The normalized spacial score (nSPS) is 11.0. The van der Waals surface area contributed by atoms with Crippen molar-refractivity contribution in [3.8, 4) is 0 Å². The van der Waals surface area contributed by atoms with Gasteiger partial charge in [-0.2, -0.15) is 0 Å². The van der Waals surface area contributed by atoms with Crippen LogP contribution >= 0.6 is 0 Å². The highest BCUT2D eigenvalue weighted by molar-refractivity contribution is 5.88. The summed E-state index contributed by atoms with van der Waals surface area (Å²) in [5, 5.41) is 10.5. The molecule has 0 saturated heterocycles. The predicted molar refractivity (Wildman–Crippen MR) is 60.5 cm³/mol. The Morgan fingerprint density at radius 2 is 2.06 bits per heavy atom. The number of anilines is 1. The van der Waals surface area contributed by atoms with E-state index in [0.717, 1.165) is 6.07 Å². The van der Waals surface area contributed by atoms with Gasteiger partial charge in [0.15, 0.2) is 5.69 Å². The van der Waals surface area contributed by atoms with Crippen LogP contribution in [0.5, 0.6) is 0 Å². The van der Waals surface area contributed by atoms with Crippen LogP contribution in [0.4, 0.5) is 11.5 Å². The molecular weight excluding hydrogens is 226 g/mol. The minimum Gasteiger partial charge on any atom is -0.455 e. The van der Waals surface area contributed by atoms with Crippen LogP contribution in [-0.2, 0) is 4.74 Å². The van der Waals surface area contributed by atoms with E-state index in [0.29, 0.717) is 0 Å². The van der Waals surface area contributed by atoms with Crippen molar-refractivity contribution in [3.05, 3.63) is 27.9 Å². The number of rotatable bonds is 2. The summed E-state index contributed by atoms with van der Waals surface area (Å²) in [5.41, 5.74) is 4.32. The third-order valence-electron chi connectivity index (χ3n) is 1.71. The summed E-state index contributed by atoms with van der Waals surface area (Å²) in [6.07, 6.45) is 0. The fourth-order valence-corrected chi connectivity index (χ4v) is 1.07. The summed E-state index contributed by atoms with van der Waals surface area (Å²) in [4.78, 5) is 25.1.